The van der Waals surface area contributed by atoms with Gasteiger partial charge in [-0.15, -0.1) is 0 Å². The lowest BCUT2D eigenvalue weighted by atomic mass is 10.1. The molecule has 0 radical (unpaired) electrons. The van der Waals surface area contributed by atoms with E-state index in [1.54, 1.807) is 18.2 Å². The Balaban J connectivity index is 1.82. The smallest absolute Gasteiger partial charge is 0.401 e. The Kier molecular flexibility index (Phi) is 6.39. The van der Waals surface area contributed by atoms with Crippen LogP contribution >= 0.6 is 0 Å². The number of rotatable bonds is 9. The first kappa shape index (κ1) is 19.6. The average Bonchev–Trinajstić information content (AvgIpc) is 3.19. The Labute approximate surface area is 163 Å². The van der Waals surface area contributed by atoms with Crippen molar-refractivity contribution in [1.29, 1.82) is 0 Å². The molecule has 0 atom stereocenters. The van der Waals surface area contributed by atoms with Gasteiger partial charge in [0.1, 0.15) is 10.7 Å². The van der Waals surface area contributed by atoms with Gasteiger partial charge in [-0.05, 0) is 43.4 Å². The third-order valence-electron chi connectivity index (χ3n) is 4.58. The summed E-state index contributed by atoms with van der Waals surface area (Å²) < 4.78 is 5.17. The fourth-order valence-electron chi connectivity index (χ4n) is 3.01. The van der Waals surface area contributed by atoms with E-state index in [1.165, 1.54) is 6.07 Å². The van der Waals surface area contributed by atoms with Crippen molar-refractivity contribution in [2.24, 2.45) is 0 Å². The van der Waals surface area contributed by atoms with Crippen molar-refractivity contribution >= 4 is 34.6 Å². The second kappa shape index (κ2) is 9.14. The first-order valence-electron chi connectivity index (χ1n) is 9.39. The summed E-state index contributed by atoms with van der Waals surface area (Å²) in [4.78, 5) is 17.2. The summed E-state index contributed by atoms with van der Waals surface area (Å²) in [7, 11) is 0. The number of para-hydroxylation sites is 1. The molecule has 0 unspecified atom stereocenters. The van der Waals surface area contributed by atoms with E-state index in [-0.39, 0.29) is 5.88 Å². The minimum atomic E-state index is -0.552. The summed E-state index contributed by atoms with van der Waals surface area (Å²) in [6, 6.07) is 12.9. The molecule has 146 valence electrons. The van der Waals surface area contributed by atoms with E-state index < -0.39 is 4.92 Å². The number of nitrogens with one attached hydrogen (secondary N) is 1. The summed E-state index contributed by atoms with van der Waals surface area (Å²) in [5.74, 6) is 0.141. The summed E-state index contributed by atoms with van der Waals surface area (Å²) in [5, 5.41) is 15.3. The molecule has 0 aliphatic heterocycles. The number of likely N-dealkylation sites (N-methyl/N-ethyl adjacent to an activating group) is 1. The number of hydrogen-bond acceptors (Lipinski definition) is 6. The molecule has 0 amide bonds. The van der Waals surface area contributed by atoms with Crippen LogP contribution in [-0.2, 0) is 0 Å². The monoisotopic (exact) mass is 380 g/mol. The largest absolute Gasteiger partial charge is 0.433 e. The van der Waals surface area contributed by atoms with Crippen molar-refractivity contribution in [3.63, 3.8) is 0 Å². The first-order chi connectivity index (χ1) is 13.6. The number of fused-ring (bicyclic) bond motifs is 1. The Morgan fingerprint density at radius 3 is 2.68 bits per heavy atom. The van der Waals surface area contributed by atoms with E-state index in [0.717, 1.165) is 48.5 Å². The predicted octanol–water partition coefficient (Wildman–Crippen LogP) is 4.66. The van der Waals surface area contributed by atoms with Gasteiger partial charge >= 0.3 is 5.88 Å². The third kappa shape index (κ3) is 4.75. The minimum Gasteiger partial charge on any atom is -0.401 e. The third-order valence-corrected chi connectivity index (χ3v) is 4.58. The lowest BCUT2D eigenvalue weighted by Crippen LogP contribution is -2.28. The normalized spacial score (nSPS) is 11.5. The number of benzene rings is 1. The van der Waals surface area contributed by atoms with Crippen LogP contribution in [0.4, 0.5) is 11.6 Å². The zero-order valence-electron chi connectivity index (χ0n) is 16.1. The van der Waals surface area contributed by atoms with Crippen LogP contribution in [0.1, 0.15) is 25.3 Å². The highest BCUT2D eigenvalue weighted by Crippen LogP contribution is 2.24. The molecule has 3 aromatic rings. The van der Waals surface area contributed by atoms with Gasteiger partial charge in [-0.2, -0.15) is 0 Å². The Bertz CT molecular complexity index is 977. The lowest BCUT2D eigenvalue weighted by molar-refractivity contribution is -0.402. The topological polar surface area (TPSA) is 84.4 Å². The highest BCUT2D eigenvalue weighted by Gasteiger charge is 2.10. The maximum atomic E-state index is 10.7. The zero-order chi connectivity index (χ0) is 19.9. The molecule has 1 N–H and O–H groups in total. The number of nitrogens with zero attached hydrogens (tertiary/aromatic N) is 3. The first-order valence-corrected chi connectivity index (χ1v) is 9.39. The molecule has 7 heteroatoms. The Morgan fingerprint density at radius 1 is 1.18 bits per heavy atom. The molecule has 28 heavy (non-hydrogen) atoms. The van der Waals surface area contributed by atoms with Crippen LogP contribution in [0.25, 0.3) is 23.1 Å². The number of pyridine rings is 1. The number of anilines is 1. The van der Waals surface area contributed by atoms with Gasteiger partial charge in [-0.1, -0.05) is 32.0 Å². The minimum absolute atomic E-state index is 0.273. The molecular weight excluding hydrogens is 356 g/mol. The molecule has 1 aromatic carbocycles. The molecular formula is C21H24N4O3. The Morgan fingerprint density at radius 2 is 1.96 bits per heavy atom. The van der Waals surface area contributed by atoms with Gasteiger partial charge in [0.15, 0.2) is 0 Å². The van der Waals surface area contributed by atoms with Crippen molar-refractivity contribution in [3.05, 3.63) is 64.0 Å². The van der Waals surface area contributed by atoms with E-state index in [4.69, 9.17) is 4.42 Å². The molecule has 3 rings (SSSR count). The summed E-state index contributed by atoms with van der Waals surface area (Å²) in [6.07, 6.45) is 3.48. The van der Waals surface area contributed by atoms with Gasteiger partial charge in [-0.25, -0.2) is 4.98 Å². The average molecular weight is 380 g/mol. The highest BCUT2D eigenvalue weighted by atomic mass is 16.6. The van der Waals surface area contributed by atoms with Crippen molar-refractivity contribution in [2.45, 2.75) is 13.8 Å². The lowest BCUT2D eigenvalue weighted by Gasteiger charge is -2.19. The SMILES string of the molecule is CCN(CC)CCNc1cc(/C=C/c2ccc([N+](=O)[O-])o2)nc2ccccc12. The molecule has 0 saturated carbocycles. The van der Waals surface area contributed by atoms with E-state index in [9.17, 15) is 10.1 Å². The molecule has 0 bridgehead atoms. The number of hydrogen-bond donors (Lipinski definition) is 1. The van der Waals surface area contributed by atoms with Crippen LogP contribution in [0.2, 0.25) is 0 Å². The van der Waals surface area contributed by atoms with E-state index in [1.807, 2.05) is 30.3 Å². The number of nitro groups is 1. The Hall–Kier alpha value is -3.19. The number of furan rings is 1. The van der Waals surface area contributed by atoms with Crippen LogP contribution in [-0.4, -0.2) is 41.0 Å². The molecule has 0 aliphatic rings. The molecule has 2 aromatic heterocycles. The van der Waals surface area contributed by atoms with Crippen molar-refractivity contribution < 1.29 is 9.34 Å². The van der Waals surface area contributed by atoms with Gasteiger partial charge < -0.3 is 14.6 Å². The number of aromatic nitrogens is 1. The summed E-state index contributed by atoms with van der Waals surface area (Å²) in [6.45, 7) is 8.17. The fraction of sp³-hybridized carbons (Fsp3) is 0.286. The van der Waals surface area contributed by atoms with Crippen molar-refractivity contribution in [1.82, 2.24) is 9.88 Å². The predicted molar refractivity (Wildman–Crippen MR) is 112 cm³/mol. The van der Waals surface area contributed by atoms with Crippen molar-refractivity contribution in [3.8, 4) is 0 Å². The van der Waals surface area contributed by atoms with Crippen LogP contribution in [0, 0.1) is 10.1 Å². The highest BCUT2D eigenvalue weighted by molar-refractivity contribution is 5.92. The summed E-state index contributed by atoms with van der Waals surface area (Å²) >= 11 is 0. The second-order valence-corrected chi connectivity index (χ2v) is 6.33. The van der Waals surface area contributed by atoms with Gasteiger partial charge in [0.2, 0.25) is 0 Å². The van der Waals surface area contributed by atoms with Gasteiger partial charge in [-0.3, -0.25) is 10.1 Å². The van der Waals surface area contributed by atoms with Crippen LogP contribution < -0.4 is 5.32 Å². The maximum Gasteiger partial charge on any atom is 0.433 e. The van der Waals surface area contributed by atoms with Gasteiger partial charge in [0, 0.05) is 24.2 Å². The zero-order valence-corrected chi connectivity index (χ0v) is 16.1. The van der Waals surface area contributed by atoms with Crippen LogP contribution in [0.15, 0.2) is 46.9 Å². The molecule has 0 aliphatic carbocycles. The van der Waals surface area contributed by atoms with Crippen LogP contribution in [0.5, 0.6) is 0 Å². The van der Waals surface area contributed by atoms with Crippen molar-refractivity contribution in [2.75, 3.05) is 31.5 Å². The van der Waals surface area contributed by atoms with E-state index in [2.05, 4.69) is 29.0 Å². The molecule has 0 spiro atoms. The van der Waals surface area contributed by atoms with E-state index in [0.29, 0.717) is 5.76 Å². The maximum absolute atomic E-state index is 10.7. The standard InChI is InChI=1S/C21H24N4O3/c1-3-24(4-2)14-13-22-20-15-16(23-19-8-6-5-7-18(19)20)9-10-17-11-12-21(28-17)25(26)27/h5-12,15H,3-4,13-14H2,1-2H3,(H,22,23)/b10-9+. The summed E-state index contributed by atoms with van der Waals surface area (Å²) in [5.41, 5.74) is 2.66. The fourth-order valence-corrected chi connectivity index (χ4v) is 3.01. The molecule has 0 saturated heterocycles. The van der Waals surface area contributed by atoms with Gasteiger partial charge in [0.05, 0.1) is 17.3 Å². The van der Waals surface area contributed by atoms with E-state index >= 15 is 0 Å². The molecule has 0 fully saturated rings. The second-order valence-electron chi connectivity index (χ2n) is 6.33. The molecule has 7 nitrogen and oxygen atoms in total. The quantitative estimate of drug-likeness (QED) is 0.429. The van der Waals surface area contributed by atoms with Crippen LogP contribution in [0.3, 0.4) is 0 Å². The molecule has 2 heterocycles. The van der Waals surface area contributed by atoms with Gasteiger partial charge in [0.25, 0.3) is 0 Å².